The molecule has 0 spiro atoms. The smallest absolute Gasteiger partial charge is 0.222 e. The quantitative estimate of drug-likeness (QED) is 0.813. The minimum atomic E-state index is -2.95. The number of hydrogen-bond donors (Lipinski definition) is 0. The third-order valence-electron chi connectivity index (χ3n) is 4.64. The summed E-state index contributed by atoms with van der Waals surface area (Å²) in [7, 11) is -2.95. The zero-order valence-corrected chi connectivity index (χ0v) is 14.4. The summed E-state index contributed by atoms with van der Waals surface area (Å²) in [6.07, 6.45) is 5.00. The molecule has 1 aromatic rings. The minimum Gasteiger partial charge on any atom is -0.342 e. The molecule has 2 fully saturated rings. The second-order valence-corrected chi connectivity index (χ2v) is 8.75. The van der Waals surface area contributed by atoms with Crippen molar-refractivity contribution < 1.29 is 13.2 Å². The van der Waals surface area contributed by atoms with Gasteiger partial charge in [0.25, 0.3) is 0 Å². The maximum absolute atomic E-state index is 12.1. The van der Waals surface area contributed by atoms with Crippen molar-refractivity contribution in [3.63, 3.8) is 0 Å². The van der Waals surface area contributed by atoms with Gasteiger partial charge in [-0.15, -0.1) is 0 Å². The SMILES string of the molecule is Cc1nc(CCN2CCCCCC2=O)n([C@H]2CCS(=O)(=O)C2)n1. The van der Waals surface area contributed by atoms with Gasteiger partial charge in [0.05, 0.1) is 17.5 Å². The Morgan fingerprint density at radius 1 is 1.26 bits per heavy atom. The first-order valence-electron chi connectivity index (χ1n) is 8.35. The molecule has 0 N–H and O–H groups in total. The van der Waals surface area contributed by atoms with Crippen LogP contribution >= 0.6 is 0 Å². The lowest BCUT2D eigenvalue weighted by Crippen LogP contribution is -2.33. The molecule has 2 saturated heterocycles. The predicted octanol–water partition coefficient (Wildman–Crippen LogP) is 0.891. The fourth-order valence-corrected chi connectivity index (χ4v) is 5.11. The van der Waals surface area contributed by atoms with Crippen molar-refractivity contribution in [1.82, 2.24) is 19.7 Å². The summed E-state index contributed by atoms with van der Waals surface area (Å²) in [5.74, 6) is 2.04. The molecule has 7 nitrogen and oxygen atoms in total. The molecule has 2 aliphatic heterocycles. The van der Waals surface area contributed by atoms with Gasteiger partial charge in [0.2, 0.25) is 5.91 Å². The molecule has 3 heterocycles. The van der Waals surface area contributed by atoms with Crippen LogP contribution in [0.4, 0.5) is 0 Å². The summed E-state index contributed by atoms with van der Waals surface area (Å²) in [5, 5.41) is 4.40. The molecule has 1 atom stereocenters. The van der Waals surface area contributed by atoms with Gasteiger partial charge in [-0.2, -0.15) is 5.10 Å². The number of nitrogens with zero attached hydrogens (tertiary/aromatic N) is 4. The average Bonchev–Trinajstić information content (AvgIpc) is 2.96. The standard InChI is InChI=1S/C15H24N4O3S/c1-12-16-14(6-9-18-8-4-2-3-5-15(18)20)19(17-12)13-7-10-23(21,22)11-13/h13H,2-11H2,1H3/t13-/m0/s1. The zero-order chi connectivity index (χ0) is 16.4. The van der Waals surface area contributed by atoms with Crippen molar-refractivity contribution in [2.75, 3.05) is 24.6 Å². The number of rotatable bonds is 4. The van der Waals surface area contributed by atoms with Gasteiger partial charge in [-0.05, 0) is 26.2 Å². The molecule has 128 valence electrons. The number of likely N-dealkylation sites (tertiary alicyclic amines) is 1. The summed E-state index contributed by atoms with van der Waals surface area (Å²) < 4.78 is 25.2. The lowest BCUT2D eigenvalue weighted by atomic mass is 10.2. The highest BCUT2D eigenvalue weighted by Crippen LogP contribution is 2.24. The predicted molar refractivity (Wildman–Crippen MR) is 85.8 cm³/mol. The molecule has 8 heteroatoms. The second kappa shape index (κ2) is 6.59. The molecule has 3 rings (SSSR count). The molecule has 0 aromatic carbocycles. The third kappa shape index (κ3) is 3.91. The molecule has 0 bridgehead atoms. The fourth-order valence-electron chi connectivity index (χ4n) is 3.42. The fraction of sp³-hybridized carbons (Fsp3) is 0.800. The number of carbonyl (C=O) groups excluding carboxylic acids is 1. The van der Waals surface area contributed by atoms with E-state index in [0.717, 1.165) is 31.6 Å². The van der Waals surface area contributed by atoms with Crippen LogP contribution in [-0.4, -0.2) is 58.6 Å². The van der Waals surface area contributed by atoms with Crippen molar-refractivity contribution in [3.8, 4) is 0 Å². The van der Waals surface area contributed by atoms with Crippen LogP contribution < -0.4 is 0 Å². The van der Waals surface area contributed by atoms with E-state index in [1.807, 2.05) is 11.8 Å². The largest absolute Gasteiger partial charge is 0.342 e. The molecule has 0 radical (unpaired) electrons. The molecular formula is C15H24N4O3S. The van der Waals surface area contributed by atoms with Crippen LogP contribution in [0.2, 0.25) is 0 Å². The molecule has 23 heavy (non-hydrogen) atoms. The highest BCUT2D eigenvalue weighted by Gasteiger charge is 2.31. The van der Waals surface area contributed by atoms with Crippen molar-refractivity contribution in [1.29, 1.82) is 0 Å². The summed E-state index contributed by atoms with van der Waals surface area (Å²) >= 11 is 0. The van der Waals surface area contributed by atoms with Crippen LogP contribution in [0.3, 0.4) is 0 Å². The Balaban J connectivity index is 1.69. The number of hydrogen-bond acceptors (Lipinski definition) is 5. The summed E-state index contributed by atoms with van der Waals surface area (Å²) in [4.78, 5) is 18.4. The first-order valence-corrected chi connectivity index (χ1v) is 10.2. The topological polar surface area (TPSA) is 85.2 Å². The van der Waals surface area contributed by atoms with E-state index in [0.29, 0.717) is 31.6 Å². The molecule has 1 aromatic heterocycles. The van der Waals surface area contributed by atoms with E-state index in [-0.39, 0.29) is 23.5 Å². The monoisotopic (exact) mass is 340 g/mol. The molecular weight excluding hydrogens is 316 g/mol. The maximum atomic E-state index is 12.1. The summed E-state index contributed by atoms with van der Waals surface area (Å²) in [5.41, 5.74) is 0. The highest BCUT2D eigenvalue weighted by atomic mass is 32.2. The van der Waals surface area contributed by atoms with E-state index in [1.165, 1.54) is 0 Å². The number of aryl methyl sites for hydroxylation is 1. The van der Waals surface area contributed by atoms with Gasteiger partial charge in [-0.25, -0.2) is 18.1 Å². The molecule has 0 saturated carbocycles. The van der Waals surface area contributed by atoms with Crippen molar-refractivity contribution in [2.45, 2.75) is 51.5 Å². The maximum Gasteiger partial charge on any atom is 0.222 e. The van der Waals surface area contributed by atoms with Gasteiger partial charge in [0.1, 0.15) is 11.6 Å². The van der Waals surface area contributed by atoms with E-state index in [1.54, 1.807) is 4.68 Å². The van der Waals surface area contributed by atoms with Crippen LogP contribution in [0.5, 0.6) is 0 Å². The van der Waals surface area contributed by atoms with Gasteiger partial charge < -0.3 is 4.90 Å². The number of aromatic nitrogens is 3. The third-order valence-corrected chi connectivity index (χ3v) is 6.39. The lowest BCUT2D eigenvalue weighted by molar-refractivity contribution is -0.130. The van der Waals surface area contributed by atoms with Crippen LogP contribution in [0.1, 0.15) is 49.8 Å². The zero-order valence-electron chi connectivity index (χ0n) is 13.6. The van der Waals surface area contributed by atoms with Gasteiger partial charge >= 0.3 is 0 Å². The second-order valence-electron chi connectivity index (χ2n) is 6.52. The lowest BCUT2D eigenvalue weighted by Gasteiger charge is -2.20. The molecule has 2 aliphatic rings. The van der Waals surface area contributed by atoms with Crippen molar-refractivity contribution in [2.24, 2.45) is 0 Å². The van der Waals surface area contributed by atoms with Gasteiger partial charge in [-0.1, -0.05) is 6.42 Å². The van der Waals surface area contributed by atoms with E-state index < -0.39 is 9.84 Å². The highest BCUT2D eigenvalue weighted by molar-refractivity contribution is 7.91. The first kappa shape index (κ1) is 16.4. The van der Waals surface area contributed by atoms with Gasteiger partial charge in [-0.3, -0.25) is 4.79 Å². The Bertz CT molecular complexity index is 683. The van der Waals surface area contributed by atoms with Crippen molar-refractivity contribution >= 4 is 15.7 Å². The average molecular weight is 340 g/mol. The number of carbonyl (C=O) groups is 1. The van der Waals surface area contributed by atoms with E-state index in [4.69, 9.17) is 0 Å². The van der Waals surface area contributed by atoms with E-state index >= 15 is 0 Å². The Morgan fingerprint density at radius 2 is 2.09 bits per heavy atom. The molecule has 0 unspecified atom stereocenters. The van der Waals surface area contributed by atoms with E-state index in [2.05, 4.69) is 10.1 Å². The summed E-state index contributed by atoms with van der Waals surface area (Å²) in [6, 6.07) is -0.115. The van der Waals surface area contributed by atoms with Crippen LogP contribution in [-0.2, 0) is 21.1 Å². The first-order chi connectivity index (χ1) is 10.9. The molecule has 1 amide bonds. The summed E-state index contributed by atoms with van der Waals surface area (Å²) in [6.45, 7) is 3.26. The van der Waals surface area contributed by atoms with Gasteiger partial charge in [0.15, 0.2) is 9.84 Å². The Hall–Kier alpha value is -1.44. The normalized spacial score (nSPS) is 24.8. The Labute approximate surface area is 137 Å². The van der Waals surface area contributed by atoms with Crippen LogP contribution in [0.15, 0.2) is 0 Å². The Kier molecular flexibility index (Phi) is 4.70. The van der Waals surface area contributed by atoms with E-state index in [9.17, 15) is 13.2 Å². The van der Waals surface area contributed by atoms with Crippen LogP contribution in [0, 0.1) is 6.92 Å². The van der Waals surface area contributed by atoms with Gasteiger partial charge in [0, 0.05) is 25.9 Å². The number of amides is 1. The van der Waals surface area contributed by atoms with Crippen LogP contribution in [0.25, 0.3) is 0 Å². The number of sulfone groups is 1. The Morgan fingerprint density at radius 3 is 2.83 bits per heavy atom. The van der Waals surface area contributed by atoms with Crippen molar-refractivity contribution in [3.05, 3.63) is 11.6 Å². The minimum absolute atomic E-state index is 0.115. The molecule has 0 aliphatic carbocycles.